The van der Waals surface area contributed by atoms with Crippen LogP contribution in [0.25, 0.3) is 11.3 Å². The number of nitrogens with zero attached hydrogens (tertiary/aromatic N) is 5. The van der Waals surface area contributed by atoms with Crippen LogP contribution in [0.1, 0.15) is 42.6 Å². The predicted molar refractivity (Wildman–Crippen MR) is 121 cm³/mol. The van der Waals surface area contributed by atoms with Gasteiger partial charge in [-0.3, -0.25) is 0 Å². The molecule has 0 aliphatic carbocycles. The van der Waals surface area contributed by atoms with Gasteiger partial charge in [-0.25, -0.2) is 19.3 Å². The molecular weight excluding hydrogens is 393 g/mol. The fourth-order valence-electron chi connectivity index (χ4n) is 4.39. The van der Waals surface area contributed by atoms with E-state index in [1.54, 1.807) is 19.3 Å². The smallest absolute Gasteiger partial charge is 0.137 e. The van der Waals surface area contributed by atoms with Crippen LogP contribution in [0.2, 0.25) is 0 Å². The monoisotopic (exact) mass is 423 g/mol. The minimum atomic E-state index is -0.199. The molecule has 1 aliphatic heterocycles. The highest BCUT2D eigenvalue weighted by Gasteiger charge is 2.27. The molecule has 31 heavy (non-hydrogen) atoms. The van der Waals surface area contributed by atoms with E-state index in [4.69, 9.17) is 16.5 Å². The first-order valence-electron chi connectivity index (χ1n) is 10.9. The molecule has 3 aromatic rings. The van der Waals surface area contributed by atoms with Gasteiger partial charge < -0.3 is 20.9 Å². The van der Waals surface area contributed by atoms with E-state index in [0.29, 0.717) is 30.4 Å². The summed E-state index contributed by atoms with van der Waals surface area (Å²) in [4.78, 5) is 15.9. The number of halogens is 1. The Hall–Kier alpha value is -3.00. The molecule has 4 N–H and O–H groups in total. The highest BCUT2D eigenvalue weighted by atomic mass is 19.1. The quantitative estimate of drug-likeness (QED) is 0.631. The number of aryl methyl sites for hydroxylation is 1. The van der Waals surface area contributed by atoms with Crippen molar-refractivity contribution in [2.24, 2.45) is 5.73 Å². The molecular formula is C23H30FN7. The zero-order valence-electron chi connectivity index (χ0n) is 18.2. The Morgan fingerprint density at radius 2 is 1.97 bits per heavy atom. The van der Waals surface area contributed by atoms with E-state index >= 15 is 0 Å². The minimum absolute atomic E-state index is 0.199. The first-order chi connectivity index (χ1) is 15.0. The van der Waals surface area contributed by atoms with Crippen molar-refractivity contribution in [3.63, 3.8) is 0 Å². The van der Waals surface area contributed by atoms with Crippen LogP contribution in [0.4, 0.5) is 16.0 Å². The maximum absolute atomic E-state index is 13.7. The molecule has 0 radical (unpaired) electrons. The summed E-state index contributed by atoms with van der Waals surface area (Å²) in [6.45, 7) is 6.88. The molecule has 0 atom stereocenters. The van der Waals surface area contributed by atoms with Gasteiger partial charge in [-0.2, -0.15) is 0 Å². The van der Waals surface area contributed by atoms with Crippen molar-refractivity contribution in [1.82, 2.24) is 19.5 Å². The molecule has 0 bridgehead atoms. The lowest BCUT2D eigenvalue weighted by Gasteiger charge is -2.33. The van der Waals surface area contributed by atoms with Gasteiger partial charge in [0, 0.05) is 49.4 Å². The number of anilines is 2. The zero-order valence-corrected chi connectivity index (χ0v) is 18.2. The summed E-state index contributed by atoms with van der Waals surface area (Å²) < 4.78 is 15.9. The molecule has 1 fully saturated rings. The summed E-state index contributed by atoms with van der Waals surface area (Å²) in [5.41, 5.74) is 15.4. The number of nitrogens with two attached hydrogens (primary N) is 2. The van der Waals surface area contributed by atoms with Crippen LogP contribution in [-0.2, 0) is 13.0 Å². The fourth-order valence-corrected chi connectivity index (χ4v) is 4.39. The van der Waals surface area contributed by atoms with Gasteiger partial charge in [0.25, 0.3) is 0 Å². The molecule has 1 aliphatic rings. The third-order valence-corrected chi connectivity index (χ3v) is 6.10. The van der Waals surface area contributed by atoms with Crippen LogP contribution in [0.3, 0.4) is 0 Å². The van der Waals surface area contributed by atoms with Gasteiger partial charge in [0.2, 0.25) is 0 Å². The van der Waals surface area contributed by atoms with E-state index < -0.39 is 0 Å². The van der Waals surface area contributed by atoms with Crippen molar-refractivity contribution in [2.45, 2.75) is 45.6 Å². The van der Waals surface area contributed by atoms with Crippen LogP contribution in [0, 0.1) is 12.7 Å². The largest absolute Gasteiger partial charge is 0.383 e. The van der Waals surface area contributed by atoms with Gasteiger partial charge in [0.15, 0.2) is 0 Å². The van der Waals surface area contributed by atoms with Gasteiger partial charge in [0.05, 0.1) is 5.69 Å². The zero-order chi connectivity index (χ0) is 22.0. The van der Waals surface area contributed by atoms with E-state index in [9.17, 15) is 4.39 Å². The van der Waals surface area contributed by atoms with E-state index in [2.05, 4.69) is 26.4 Å². The Balaban J connectivity index is 1.56. The summed E-state index contributed by atoms with van der Waals surface area (Å²) in [5.74, 6) is 2.70. The van der Waals surface area contributed by atoms with Crippen molar-refractivity contribution in [3.8, 4) is 11.3 Å². The van der Waals surface area contributed by atoms with Gasteiger partial charge in [-0.1, -0.05) is 6.92 Å². The number of aromatic nitrogens is 4. The molecule has 0 saturated carbocycles. The summed E-state index contributed by atoms with van der Waals surface area (Å²) in [6, 6.07) is 5.14. The molecule has 8 heteroatoms. The van der Waals surface area contributed by atoms with Crippen LogP contribution in [-0.4, -0.2) is 39.2 Å². The Labute approximate surface area is 182 Å². The van der Waals surface area contributed by atoms with Crippen LogP contribution in [0.15, 0.2) is 30.7 Å². The normalized spacial score (nSPS) is 14.9. The number of nitrogen functional groups attached to an aromatic ring is 1. The van der Waals surface area contributed by atoms with Crippen LogP contribution < -0.4 is 16.4 Å². The summed E-state index contributed by atoms with van der Waals surface area (Å²) >= 11 is 0. The Morgan fingerprint density at radius 1 is 1.19 bits per heavy atom. The molecule has 2 aromatic heterocycles. The fraction of sp³-hybridized carbons (Fsp3) is 0.435. The molecule has 0 amide bonds. The molecule has 0 unspecified atom stereocenters. The lowest BCUT2D eigenvalue weighted by Crippen LogP contribution is -2.35. The van der Waals surface area contributed by atoms with Crippen molar-refractivity contribution in [2.75, 3.05) is 30.3 Å². The Bertz CT molecular complexity index is 1050. The highest BCUT2D eigenvalue weighted by Crippen LogP contribution is 2.33. The van der Waals surface area contributed by atoms with Crippen molar-refractivity contribution < 1.29 is 4.39 Å². The van der Waals surface area contributed by atoms with E-state index in [0.717, 1.165) is 60.8 Å². The first kappa shape index (κ1) is 21.2. The third kappa shape index (κ3) is 4.25. The Morgan fingerprint density at radius 3 is 2.65 bits per heavy atom. The highest BCUT2D eigenvalue weighted by molar-refractivity contribution is 5.60. The summed E-state index contributed by atoms with van der Waals surface area (Å²) in [6.07, 6.45) is 6.33. The van der Waals surface area contributed by atoms with Crippen molar-refractivity contribution in [3.05, 3.63) is 53.5 Å². The molecule has 0 spiro atoms. The summed E-state index contributed by atoms with van der Waals surface area (Å²) in [5, 5.41) is 0. The van der Waals surface area contributed by atoms with Crippen molar-refractivity contribution in [1.29, 1.82) is 0 Å². The number of piperidine rings is 1. The molecule has 1 aromatic carbocycles. The number of rotatable bonds is 6. The second-order valence-corrected chi connectivity index (χ2v) is 8.11. The number of benzene rings is 1. The van der Waals surface area contributed by atoms with Gasteiger partial charge in [-0.05, 0) is 49.9 Å². The molecule has 4 rings (SSSR count). The molecule has 164 valence electrons. The molecule has 3 heterocycles. The average molecular weight is 424 g/mol. The topological polar surface area (TPSA) is 98.9 Å². The van der Waals surface area contributed by atoms with Gasteiger partial charge >= 0.3 is 0 Å². The lowest BCUT2D eigenvalue weighted by atomic mass is 9.95. The number of hydrogen-bond acceptors (Lipinski definition) is 6. The standard InChI is InChI=1S/C23H30FN7/c1-3-18-21(26)27-14-28-23(18)30-9-6-16(7-10-30)22-29-20(13-31(22)11-8-25)17-4-5-19(24)15(2)12-17/h4-5,12-14,16H,3,6-11,25H2,1-2H3,(H2,26,27,28). The average Bonchev–Trinajstić information content (AvgIpc) is 3.20. The lowest BCUT2D eigenvalue weighted by molar-refractivity contribution is 0.463. The molecule has 1 saturated heterocycles. The summed E-state index contributed by atoms with van der Waals surface area (Å²) in [7, 11) is 0. The maximum atomic E-state index is 13.7. The van der Waals surface area contributed by atoms with Gasteiger partial charge in [0.1, 0.15) is 29.6 Å². The molecule has 7 nitrogen and oxygen atoms in total. The Kier molecular flexibility index (Phi) is 6.18. The third-order valence-electron chi connectivity index (χ3n) is 6.10. The predicted octanol–water partition coefficient (Wildman–Crippen LogP) is 3.27. The van der Waals surface area contributed by atoms with Gasteiger partial charge in [-0.15, -0.1) is 0 Å². The van der Waals surface area contributed by atoms with Crippen LogP contribution in [0.5, 0.6) is 0 Å². The van der Waals surface area contributed by atoms with E-state index in [1.165, 1.54) is 6.07 Å². The second kappa shape index (κ2) is 9.01. The van der Waals surface area contributed by atoms with Crippen LogP contribution >= 0.6 is 0 Å². The maximum Gasteiger partial charge on any atom is 0.137 e. The SMILES string of the molecule is CCc1c(N)ncnc1N1CCC(c2nc(-c3ccc(F)c(C)c3)cn2CCN)CC1. The minimum Gasteiger partial charge on any atom is -0.383 e. The number of imidazole rings is 1. The van der Waals surface area contributed by atoms with Crippen molar-refractivity contribution >= 4 is 11.6 Å². The van der Waals surface area contributed by atoms with E-state index in [1.807, 2.05) is 12.3 Å². The van der Waals surface area contributed by atoms with E-state index in [-0.39, 0.29) is 5.82 Å². The second-order valence-electron chi connectivity index (χ2n) is 8.11. The number of hydrogen-bond donors (Lipinski definition) is 2. The first-order valence-corrected chi connectivity index (χ1v) is 10.9.